The number of rotatable bonds is 3. The summed E-state index contributed by atoms with van der Waals surface area (Å²) in [7, 11) is 0. The number of carbonyl (C=O) groups is 1. The number of aromatic carboxylic acids is 1. The zero-order chi connectivity index (χ0) is 21.7. The third-order valence-electron chi connectivity index (χ3n) is 5.24. The van der Waals surface area contributed by atoms with Gasteiger partial charge in [-0.25, -0.2) is 18.6 Å². The largest absolute Gasteiger partial charge is 0.508 e. The van der Waals surface area contributed by atoms with Crippen LogP contribution in [0.4, 0.5) is 14.6 Å². The first-order chi connectivity index (χ1) is 14.2. The molecule has 0 radical (unpaired) electrons. The number of anilines is 1. The summed E-state index contributed by atoms with van der Waals surface area (Å²) in [6.07, 6.45) is 1.59. The highest BCUT2D eigenvalue weighted by atomic mass is 19.1. The van der Waals surface area contributed by atoms with E-state index >= 15 is 4.39 Å². The van der Waals surface area contributed by atoms with E-state index in [1.807, 2.05) is 0 Å². The van der Waals surface area contributed by atoms with Crippen molar-refractivity contribution in [3.63, 3.8) is 0 Å². The van der Waals surface area contributed by atoms with E-state index < -0.39 is 28.6 Å². The number of nitrogens with zero attached hydrogens (tertiary/aromatic N) is 3. The number of phenols is 1. The molecule has 0 spiro atoms. The Balaban J connectivity index is 2.11. The van der Waals surface area contributed by atoms with Gasteiger partial charge in [-0.2, -0.15) is 0 Å². The molecule has 4 N–H and O–H groups in total. The Morgan fingerprint density at radius 2 is 2.07 bits per heavy atom. The normalized spacial score (nSPS) is 16.4. The molecule has 1 aliphatic heterocycles. The first kappa shape index (κ1) is 19.8. The molecule has 3 heterocycles. The number of hydrogen-bond donors (Lipinski definition) is 3. The van der Waals surface area contributed by atoms with Crippen LogP contribution in [0.15, 0.2) is 29.2 Å². The minimum atomic E-state index is -1.54. The van der Waals surface area contributed by atoms with Crippen molar-refractivity contribution in [1.82, 2.24) is 9.55 Å². The second kappa shape index (κ2) is 7.06. The zero-order valence-corrected chi connectivity index (χ0v) is 15.9. The number of aryl methyl sites for hydroxylation is 1. The van der Waals surface area contributed by atoms with Crippen LogP contribution in [0.1, 0.15) is 22.3 Å². The van der Waals surface area contributed by atoms with Gasteiger partial charge in [-0.05, 0) is 25.5 Å². The highest BCUT2D eigenvalue weighted by molar-refractivity contribution is 5.93. The van der Waals surface area contributed by atoms with Gasteiger partial charge in [0.1, 0.15) is 11.3 Å². The van der Waals surface area contributed by atoms with Crippen LogP contribution >= 0.6 is 0 Å². The van der Waals surface area contributed by atoms with Crippen LogP contribution in [0.3, 0.4) is 0 Å². The van der Waals surface area contributed by atoms with Crippen LogP contribution in [0.2, 0.25) is 0 Å². The van der Waals surface area contributed by atoms with Gasteiger partial charge in [0.25, 0.3) is 0 Å². The Bertz CT molecular complexity index is 1260. The number of hydrogen-bond acceptors (Lipinski definition) is 6. The van der Waals surface area contributed by atoms with Crippen LogP contribution in [0.5, 0.6) is 5.75 Å². The van der Waals surface area contributed by atoms with E-state index in [9.17, 15) is 24.2 Å². The topological polar surface area (TPSA) is 122 Å². The van der Waals surface area contributed by atoms with Gasteiger partial charge in [-0.3, -0.25) is 9.36 Å². The number of aromatic nitrogens is 2. The molecule has 1 saturated heterocycles. The van der Waals surface area contributed by atoms with Crippen LogP contribution < -0.4 is 16.1 Å². The quantitative estimate of drug-likeness (QED) is 0.596. The van der Waals surface area contributed by atoms with Crippen molar-refractivity contribution in [2.24, 2.45) is 5.73 Å². The van der Waals surface area contributed by atoms with Crippen LogP contribution in [-0.2, 0) is 0 Å². The van der Waals surface area contributed by atoms with Gasteiger partial charge in [0.15, 0.2) is 23.1 Å². The first-order valence-corrected chi connectivity index (χ1v) is 9.17. The summed E-state index contributed by atoms with van der Waals surface area (Å²) in [5.41, 5.74) is 4.01. The van der Waals surface area contributed by atoms with Crippen LogP contribution in [0, 0.1) is 18.6 Å². The smallest absolute Gasteiger partial charge is 0.341 e. The van der Waals surface area contributed by atoms with Gasteiger partial charge in [0.2, 0.25) is 5.43 Å². The number of pyridine rings is 2. The van der Waals surface area contributed by atoms with E-state index in [0.717, 1.165) is 16.8 Å². The van der Waals surface area contributed by atoms with Crippen molar-refractivity contribution < 1.29 is 23.8 Å². The van der Waals surface area contributed by atoms with E-state index in [1.54, 1.807) is 4.90 Å². The van der Waals surface area contributed by atoms with Crippen molar-refractivity contribution in [3.8, 4) is 11.4 Å². The maximum atomic E-state index is 15.1. The standard InChI is InChI=1S/C20H18F2N4O4/c1-9-15-17(28)12(20(29)30)8-26(14-3-2-11(27)6-13(14)21)18(15)24-19(16(9)22)25-5-4-10(23)7-25/h2-3,6,8,10,27H,4-5,7,23H2,1H3,(H,29,30)/t10-/m0/s1. The lowest BCUT2D eigenvalue weighted by molar-refractivity contribution is 0.0695. The average molecular weight is 416 g/mol. The average Bonchev–Trinajstić information content (AvgIpc) is 3.11. The highest BCUT2D eigenvalue weighted by Gasteiger charge is 2.28. The predicted molar refractivity (Wildman–Crippen MR) is 105 cm³/mol. The lowest BCUT2D eigenvalue weighted by Gasteiger charge is -2.21. The molecule has 8 nitrogen and oxygen atoms in total. The molecule has 1 aliphatic rings. The summed E-state index contributed by atoms with van der Waals surface area (Å²) < 4.78 is 30.8. The summed E-state index contributed by atoms with van der Waals surface area (Å²) in [6.45, 7) is 2.17. The van der Waals surface area contributed by atoms with Crippen molar-refractivity contribution in [1.29, 1.82) is 0 Å². The molecule has 4 rings (SSSR count). The molecular weight excluding hydrogens is 398 g/mol. The number of phenolic OH excluding ortho intramolecular Hbond substituents is 1. The summed E-state index contributed by atoms with van der Waals surface area (Å²) >= 11 is 0. The van der Waals surface area contributed by atoms with E-state index in [4.69, 9.17) is 5.73 Å². The van der Waals surface area contributed by atoms with Crippen molar-refractivity contribution in [3.05, 3.63) is 57.4 Å². The molecular formula is C20H18F2N4O4. The second-order valence-corrected chi connectivity index (χ2v) is 7.25. The predicted octanol–water partition coefficient (Wildman–Crippen LogP) is 1.91. The number of aromatic hydroxyl groups is 1. The van der Waals surface area contributed by atoms with Crippen LogP contribution in [-0.4, -0.2) is 44.9 Å². The fourth-order valence-electron chi connectivity index (χ4n) is 3.70. The van der Waals surface area contributed by atoms with Crippen molar-refractivity contribution in [2.45, 2.75) is 19.4 Å². The molecule has 1 fully saturated rings. The lowest BCUT2D eigenvalue weighted by Crippen LogP contribution is -2.28. The van der Waals surface area contributed by atoms with Gasteiger partial charge < -0.3 is 20.8 Å². The molecule has 156 valence electrons. The van der Waals surface area contributed by atoms with Gasteiger partial charge in [-0.1, -0.05) is 0 Å². The van der Waals surface area contributed by atoms with E-state index in [-0.39, 0.29) is 39.9 Å². The molecule has 3 aromatic rings. The zero-order valence-electron chi connectivity index (χ0n) is 15.9. The summed E-state index contributed by atoms with van der Waals surface area (Å²) in [4.78, 5) is 30.3. The lowest BCUT2D eigenvalue weighted by atomic mass is 10.1. The van der Waals surface area contributed by atoms with Gasteiger partial charge in [0, 0.05) is 37.0 Å². The Kier molecular flexibility index (Phi) is 4.65. The molecule has 1 aromatic carbocycles. The number of carboxylic acid groups (broad SMARTS) is 1. The molecule has 0 aliphatic carbocycles. The van der Waals surface area contributed by atoms with Gasteiger partial charge in [-0.15, -0.1) is 0 Å². The number of halogens is 2. The molecule has 10 heteroatoms. The molecule has 0 amide bonds. The fraction of sp³-hybridized carbons (Fsp3) is 0.250. The molecule has 1 atom stereocenters. The Hall–Kier alpha value is -3.53. The van der Waals surface area contributed by atoms with Crippen molar-refractivity contribution in [2.75, 3.05) is 18.0 Å². The molecule has 30 heavy (non-hydrogen) atoms. The maximum Gasteiger partial charge on any atom is 0.341 e. The number of fused-ring (bicyclic) bond motifs is 1. The number of nitrogens with two attached hydrogens (primary N) is 1. The molecule has 2 aromatic heterocycles. The van der Waals surface area contributed by atoms with Gasteiger partial charge in [0.05, 0.1) is 11.1 Å². The highest BCUT2D eigenvalue weighted by Crippen LogP contribution is 2.30. The molecule has 0 bridgehead atoms. The monoisotopic (exact) mass is 416 g/mol. The number of benzene rings is 1. The second-order valence-electron chi connectivity index (χ2n) is 7.25. The Labute approximate surface area is 168 Å². The Morgan fingerprint density at radius 3 is 2.67 bits per heavy atom. The number of carboxylic acids is 1. The maximum absolute atomic E-state index is 15.1. The third kappa shape index (κ3) is 3.05. The summed E-state index contributed by atoms with van der Waals surface area (Å²) in [6, 6.07) is 3.11. The SMILES string of the molecule is Cc1c(F)c(N2CC[C@H](N)C2)nc2c1c(=O)c(C(=O)O)cn2-c1ccc(O)cc1F. The van der Waals surface area contributed by atoms with E-state index in [2.05, 4.69) is 4.98 Å². The van der Waals surface area contributed by atoms with Crippen molar-refractivity contribution >= 4 is 22.8 Å². The minimum Gasteiger partial charge on any atom is -0.508 e. The van der Waals surface area contributed by atoms with Crippen LogP contribution in [0.25, 0.3) is 16.7 Å². The summed E-state index contributed by atoms with van der Waals surface area (Å²) in [5.74, 6) is -3.53. The summed E-state index contributed by atoms with van der Waals surface area (Å²) in [5, 5.41) is 18.7. The molecule has 0 saturated carbocycles. The minimum absolute atomic E-state index is 0.0386. The third-order valence-corrected chi connectivity index (χ3v) is 5.24. The molecule has 0 unspecified atom stereocenters. The first-order valence-electron chi connectivity index (χ1n) is 9.17. The Morgan fingerprint density at radius 1 is 1.33 bits per heavy atom. The van der Waals surface area contributed by atoms with Gasteiger partial charge >= 0.3 is 5.97 Å². The van der Waals surface area contributed by atoms with E-state index in [0.29, 0.717) is 19.5 Å². The fourth-order valence-corrected chi connectivity index (χ4v) is 3.70. The van der Waals surface area contributed by atoms with E-state index in [1.165, 1.54) is 19.1 Å².